The zero-order valence-corrected chi connectivity index (χ0v) is 15.6. The van der Waals surface area contributed by atoms with Gasteiger partial charge >= 0.3 is 0 Å². The van der Waals surface area contributed by atoms with Gasteiger partial charge in [0, 0.05) is 17.3 Å². The van der Waals surface area contributed by atoms with Crippen LogP contribution in [0.3, 0.4) is 0 Å². The molecule has 0 aliphatic carbocycles. The topological polar surface area (TPSA) is 67.7 Å². The normalized spacial score (nSPS) is 10.9. The van der Waals surface area contributed by atoms with E-state index in [9.17, 15) is 0 Å². The highest BCUT2D eigenvalue weighted by molar-refractivity contribution is 6.30. The Balaban J connectivity index is 1.83. The SMILES string of the molecule is CCCNc1nc(Nc2cccc(Cl)c2)c2cnn(-c3ccccc3)c2n1. The van der Waals surface area contributed by atoms with E-state index in [2.05, 4.69) is 32.6 Å². The molecule has 7 heteroatoms. The Morgan fingerprint density at radius 3 is 2.67 bits per heavy atom. The summed E-state index contributed by atoms with van der Waals surface area (Å²) in [6.07, 6.45) is 2.76. The van der Waals surface area contributed by atoms with E-state index in [1.165, 1.54) is 0 Å². The highest BCUT2D eigenvalue weighted by Gasteiger charge is 2.14. The first kappa shape index (κ1) is 17.3. The number of halogens is 1. The standard InChI is InChI=1S/C20H19ClN6/c1-2-11-22-20-25-18(24-15-8-6-7-14(21)12-15)17-13-23-27(19(17)26-20)16-9-4-3-5-10-16/h3-10,12-13H,2,11H2,1H3,(H2,22,24,25,26). The highest BCUT2D eigenvalue weighted by Crippen LogP contribution is 2.27. The van der Waals surface area contributed by atoms with Crippen LogP contribution in [0.5, 0.6) is 0 Å². The molecule has 0 amide bonds. The third-order valence-corrected chi connectivity index (χ3v) is 4.28. The zero-order chi connectivity index (χ0) is 18.6. The van der Waals surface area contributed by atoms with E-state index < -0.39 is 0 Å². The molecule has 0 unspecified atom stereocenters. The maximum absolute atomic E-state index is 6.11. The molecule has 0 saturated carbocycles. The third-order valence-electron chi connectivity index (χ3n) is 4.05. The molecule has 0 aliphatic rings. The number of fused-ring (bicyclic) bond motifs is 1. The molecule has 0 aliphatic heterocycles. The second-order valence-electron chi connectivity index (χ2n) is 6.09. The van der Waals surface area contributed by atoms with Crippen molar-refractivity contribution in [1.82, 2.24) is 19.7 Å². The van der Waals surface area contributed by atoms with Gasteiger partial charge in [0.2, 0.25) is 5.95 Å². The molecular formula is C20H19ClN6. The van der Waals surface area contributed by atoms with Gasteiger partial charge in [-0.2, -0.15) is 15.1 Å². The molecule has 0 saturated heterocycles. The maximum Gasteiger partial charge on any atom is 0.226 e. The van der Waals surface area contributed by atoms with E-state index in [1.807, 2.05) is 59.3 Å². The molecule has 4 rings (SSSR count). The number of benzene rings is 2. The predicted molar refractivity (Wildman–Crippen MR) is 110 cm³/mol. The molecule has 0 radical (unpaired) electrons. The highest BCUT2D eigenvalue weighted by atomic mass is 35.5. The fourth-order valence-corrected chi connectivity index (χ4v) is 2.97. The number of nitrogens with one attached hydrogen (secondary N) is 2. The lowest BCUT2D eigenvalue weighted by Crippen LogP contribution is -2.07. The molecule has 0 spiro atoms. The summed E-state index contributed by atoms with van der Waals surface area (Å²) in [7, 11) is 0. The number of anilines is 3. The van der Waals surface area contributed by atoms with Crippen LogP contribution in [0, 0.1) is 0 Å². The van der Waals surface area contributed by atoms with Crippen molar-refractivity contribution in [2.24, 2.45) is 0 Å². The summed E-state index contributed by atoms with van der Waals surface area (Å²) in [6, 6.07) is 17.5. The van der Waals surface area contributed by atoms with E-state index in [-0.39, 0.29) is 0 Å². The minimum atomic E-state index is 0.562. The van der Waals surface area contributed by atoms with Gasteiger partial charge in [-0.3, -0.25) is 0 Å². The van der Waals surface area contributed by atoms with E-state index >= 15 is 0 Å². The van der Waals surface area contributed by atoms with Crippen molar-refractivity contribution in [2.75, 3.05) is 17.2 Å². The molecule has 2 N–H and O–H groups in total. The average molecular weight is 379 g/mol. The van der Waals surface area contributed by atoms with Crippen molar-refractivity contribution in [1.29, 1.82) is 0 Å². The lowest BCUT2D eigenvalue weighted by Gasteiger charge is -2.11. The zero-order valence-electron chi connectivity index (χ0n) is 14.9. The summed E-state index contributed by atoms with van der Waals surface area (Å²) >= 11 is 6.11. The molecule has 4 aromatic rings. The van der Waals surface area contributed by atoms with E-state index in [4.69, 9.17) is 11.6 Å². The van der Waals surface area contributed by atoms with E-state index in [0.717, 1.165) is 35.4 Å². The maximum atomic E-state index is 6.11. The molecule has 0 fully saturated rings. The molecule has 2 aromatic heterocycles. The number of hydrogen-bond donors (Lipinski definition) is 2. The van der Waals surface area contributed by atoms with Crippen LogP contribution in [-0.2, 0) is 0 Å². The summed E-state index contributed by atoms with van der Waals surface area (Å²) in [4.78, 5) is 9.32. The molecule has 0 bridgehead atoms. The number of hydrogen-bond acceptors (Lipinski definition) is 5. The molecule has 2 heterocycles. The smallest absolute Gasteiger partial charge is 0.226 e. The average Bonchev–Trinajstić information content (AvgIpc) is 3.11. The number of para-hydroxylation sites is 1. The van der Waals surface area contributed by atoms with Gasteiger partial charge in [0.25, 0.3) is 0 Å². The number of nitrogens with zero attached hydrogens (tertiary/aromatic N) is 4. The quantitative estimate of drug-likeness (QED) is 0.492. The van der Waals surface area contributed by atoms with Crippen LogP contribution in [0.25, 0.3) is 16.7 Å². The Morgan fingerprint density at radius 2 is 1.89 bits per heavy atom. The van der Waals surface area contributed by atoms with Gasteiger partial charge in [-0.25, -0.2) is 4.68 Å². The molecular weight excluding hydrogens is 360 g/mol. The molecule has 136 valence electrons. The summed E-state index contributed by atoms with van der Waals surface area (Å²) in [6.45, 7) is 2.90. The van der Waals surface area contributed by atoms with Gasteiger partial charge in [-0.15, -0.1) is 0 Å². The Morgan fingerprint density at radius 1 is 1.04 bits per heavy atom. The first-order valence-electron chi connectivity index (χ1n) is 8.82. The number of rotatable bonds is 6. The van der Waals surface area contributed by atoms with E-state index in [1.54, 1.807) is 6.20 Å². The van der Waals surface area contributed by atoms with Crippen LogP contribution >= 0.6 is 11.6 Å². The summed E-state index contributed by atoms with van der Waals surface area (Å²) in [5, 5.41) is 12.6. The molecule has 6 nitrogen and oxygen atoms in total. The Hall–Kier alpha value is -3.12. The predicted octanol–water partition coefficient (Wildman–Crippen LogP) is 5.03. The summed E-state index contributed by atoms with van der Waals surface area (Å²) < 4.78 is 1.82. The van der Waals surface area contributed by atoms with Crippen molar-refractivity contribution >= 4 is 40.1 Å². The lowest BCUT2D eigenvalue weighted by atomic mass is 10.3. The fraction of sp³-hybridized carbons (Fsp3) is 0.150. The van der Waals surface area contributed by atoms with Gasteiger partial charge in [-0.1, -0.05) is 42.8 Å². The minimum Gasteiger partial charge on any atom is -0.354 e. The second kappa shape index (κ2) is 7.63. The Bertz CT molecular complexity index is 1060. The molecule has 2 aromatic carbocycles. The Labute approximate surface area is 162 Å². The minimum absolute atomic E-state index is 0.562. The van der Waals surface area contributed by atoms with Crippen molar-refractivity contribution in [2.45, 2.75) is 13.3 Å². The van der Waals surface area contributed by atoms with Crippen molar-refractivity contribution in [3.05, 3.63) is 65.8 Å². The van der Waals surface area contributed by atoms with Crippen molar-refractivity contribution < 1.29 is 0 Å². The number of aromatic nitrogens is 4. The first-order chi connectivity index (χ1) is 13.2. The van der Waals surface area contributed by atoms with Gasteiger partial charge in [0.1, 0.15) is 5.82 Å². The van der Waals surface area contributed by atoms with Crippen LogP contribution < -0.4 is 10.6 Å². The largest absolute Gasteiger partial charge is 0.354 e. The fourth-order valence-electron chi connectivity index (χ4n) is 2.78. The Kier molecular flexibility index (Phi) is 4.89. The van der Waals surface area contributed by atoms with Crippen molar-refractivity contribution in [3.8, 4) is 5.69 Å². The van der Waals surface area contributed by atoms with Crippen LogP contribution in [-0.4, -0.2) is 26.3 Å². The van der Waals surface area contributed by atoms with Crippen LogP contribution in [0.1, 0.15) is 13.3 Å². The monoisotopic (exact) mass is 378 g/mol. The molecule has 0 atom stereocenters. The van der Waals surface area contributed by atoms with Crippen LogP contribution in [0.2, 0.25) is 5.02 Å². The lowest BCUT2D eigenvalue weighted by molar-refractivity contribution is 0.892. The first-order valence-corrected chi connectivity index (χ1v) is 9.20. The van der Waals surface area contributed by atoms with Gasteiger partial charge < -0.3 is 10.6 Å². The van der Waals surface area contributed by atoms with Gasteiger partial charge in [0.05, 0.1) is 17.3 Å². The van der Waals surface area contributed by atoms with E-state index in [0.29, 0.717) is 16.8 Å². The second-order valence-corrected chi connectivity index (χ2v) is 6.52. The van der Waals surface area contributed by atoms with Crippen molar-refractivity contribution in [3.63, 3.8) is 0 Å². The summed E-state index contributed by atoms with van der Waals surface area (Å²) in [5.41, 5.74) is 2.54. The van der Waals surface area contributed by atoms with Crippen LogP contribution in [0.4, 0.5) is 17.5 Å². The van der Waals surface area contributed by atoms with Gasteiger partial charge in [-0.05, 0) is 36.8 Å². The summed E-state index contributed by atoms with van der Waals surface area (Å²) in [5.74, 6) is 1.25. The third kappa shape index (κ3) is 3.71. The van der Waals surface area contributed by atoms with Gasteiger partial charge in [0.15, 0.2) is 5.65 Å². The van der Waals surface area contributed by atoms with Crippen LogP contribution in [0.15, 0.2) is 60.8 Å². The molecule has 27 heavy (non-hydrogen) atoms.